The van der Waals surface area contributed by atoms with E-state index in [2.05, 4.69) is 15.6 Å². The maximum atomic E-state index is 13.0. The molecule has 2 atom stereocenters. The highest BCUT2D eigenvalue weighted by Gasteiger charge is 2.34. The van der Waals surface area contributed by atoms with Crippen LogP contribution in [0, 0.1) is 12.8 Å². The number of hydrogen-bond donors (Lipinski definition) is 3. The minimum atomic E-state index is -4.52. The van der Waals surface area contributed by atoms with Crippen molar-refractivity contribution in [3.05, 3.63) is 59.2 Å². The first-order chi connectivity index (χ1) is 16.5. The van der Waals surface area contributed by atoms with Crippen LogP contribution in [-0.4, -0.2) is 42.9 Å². The number of methoxy groups -OCH3 is 1. The second kappa shape index (κ2) is 10.6. The number of amides is 3. The van der Waals surface area contributed by atoms with Gasteiger partial charge in [0.15, 0.2) is 0 Å². The smallest absolute Gasteiger partial charge is 0.389 e. The largest absolute Gasteiger partial charge is 0.495 e. The average molecular weight is 490 g/mol. The highest BCUT2D eigenvalue weighted by Crippen LogP contribution is 2.33. The number of carbonyl (C=O) groups is 3. The number of primary amides is 1. The lowest BCUT2D eigenvalue weighted by Crippen LogP contribution is -2.45. The summed E-state index contributed by atoms with van der Waals surface area (Å²) in [4.78, 5) is 41.7. The predicted molar refractivity (Wildman–Crippen MR) is 123 cm³/mol. The van der Waals surface area contributed by atoms with Crippen LogP contribution in [0.3, 0.4) is 0 Å². The number of aliphatic imine (C=N–C) groups is 1. The van der Waals surface area contributed by atoms with Crippen LogP contribution in [0.2, 0.25) is 0 Å². The van der Waals surface area contributed by atoms with Gasteiger partial charge in [-0.25, -0.2) is 4.99 Å². The zero-order chi connectivity index (χ0) is 25.8. The molecule has 35 heavy (non-hydrogen) atoms. The Labute approximate surface area is 199 Å². The van der Waals surface area contributed by atoms with Crippen LogP contribution in [0.4, 0.5) is 18.9 Å². The molecule has 3 amide bonds. The molecule has 0 aromatic heterocycles. The maximum absolute atomic E-state index is 13.0. The lowest BCUT2D eigenvalue weighted by molar-refractivity contribution is -0.143. The zero-order valence-corrected chi connectivity index (χ0v) is 19.1. The summed E-state index contributed by atoms with van der Waals surface area (Å²) in [5.41, 5.74) is 7.95. The van der Waals surface area contributed by atoms with Gasteiger partial charge >= 0.3 is 6.18 Å². The van der Waals surface area contributed by atoms with Crippen molar-refractivity contribution in [2.45, 2.75) is 38.5 Å². The van der Waals surface area contributed by atoms with Gasteiger partial charge in [0.05, 0.1) is 18.5 Å². The van der Waals surface area contributed by atoms with Crippen molar-refractivity contribution in [2.24, 2.45) is 16.6 Å². The van der Waals surface area contributed by atoms with Crippen molar-refractivity contribution in [2.75, 3.05) is 12.4 Å². The molecule has 2 aromatic rings. The third-order valence-corrected chi connectivity index (χ3v) is 5.42. The van der Waals surface area contributed by atoms with Gasteiger partial charge in [0.1, 0.15) is 5.75 Å². The van der Waals surface area contributed by atoms with E-state index < -0.39 is 55.2 Å². The molecule has 186 valence electrons. The summed E-state index contributed by atoms with van der Waals surface area (Å²) >= 11 is 0. The Bertz CT molecular complexity index is 1160. The third-order valence-electron chi connectivity index (χ3n) is 5.42. The molecule has 4 N–H and O–H groups in total. The molecule has 2 aromatic carbocycles. The number of anilines is 1. The average Bonchev–Trinajstić information content (AvgIpc) is 2.92. The minimum absolute atomic E-state index is 0.336. The van der Waals surface area contributed by atoms with Crippen molar-refractivity contribution in [1.29, 1.82) is 0 Å². The van der Waals surface area contributed by atoms with Gasteiger partial charge in [-0.1, -0.05) is 35.9 Å². The number of benzodiazepines with no additional fused rings is 1. The van der Waals surface area contributed by atoms with Crippen LogP contribution in [0.25, 0.3) is 0 Å². The van der Waals surface area contributed by atoms with Gasteiger partial charge in [0.2, 0.25) is 18.0 Å². The SMILES string of the molecule is COc1cccc2c1NC(=O)C(NC(=O)C(CCC(F)(F)F)CC(N)=O)N=C2c1cccc(C)c1. The van der Waals surface area contributed by atoms with Crippen LogP contribution in [0.1, 0.15) is 36.0 Å². The number of nitrogens with two attached hydrogens (primary N) is 1. The Hall–Kier alpha value is -3.89. The first-order valence-corrected chi connectivity index (χ1v) is 10.8. The molecule has 0 radical (unpaired) electrons. The molecule has 0 saturated carbocycles. The molecule has 3 rings (SSSR count). The van der Waals surface area contributed by atoms with Gasteiger partial charge in [-0.2, -0.15) is 13.2 Å². The molecule has 0 spiro atoms. The number of alkyl halides is 3. The van der Waals surface area contributed by atoms with Crippen molar-refractivity contribution in [1.82, 2.24) is 5.32 Å². The van der Waals surface area contributed by atoms with Crippen molar-refractivity contribution >= 4 is 29.1 Å². The summed E-state index contributed by atoms with van der Waals surface area (Å²) < 4.78 is 43.6. The summed E-state index contributed by atoms with van der Waals surface area (Å²) in [6.45, 7) is 1.88. The molecule has 0 fully saturated rings. The molecule has 1 aliphatic rings. The summed E-state index contributed by atoms with van der Waals surface area (Å²) in [5.74, 6) is -3.60. The Morgan fingerprint density at radius 3 is 2.57 bits per heavy atom. The summed E-state index contributed by atoms with van der Waals surface area (Å²) in [5, 5.41) is 5.07. The van der Waals surface area contributed by atoms with E-state index in [1.54, 1.807) is 30.3 Å². The number of nitrogens with one attached hydrogen (secondary N) is 2. The third kappa shape index (κ3) is 6.58. The lowest BCUT2D eigenvalue weighted by atomic mass is 9.97. The fourth-order valence-corrected chi connectivity index (χ4v) is 3.76. The van der Waals surface area contributed by atoms with Gasteiger partial charge in [0.25, 0.3) is 5.91 Å². The number of benzene rings is 2. The molecule has 0 saturated heterocycles. The molecule has 1 aliphatic heterocycles. The van der Waals surface area contributed by atoms with Crippen LogP contribution >= 0.6 is 0 Å². The first kappa shape index (κ1) is 25.7. The number of hydrogen-bond acceptors (Lipinski definition) is 5. The number of carbonyl (C=O) groups excluding carboxylic acids is 3. The van der Waals surface area contributed by atoms with Crippen LogP contribution in [-0.2, 0) is 14.4 Å². The molecular formula is C24H25F3N4O4. The van der Waals surface area contributed by atoms with Crippen LogP contribution in [0.15, 0.2) is 47.5 Å². The summed E-state index contributed by atoms with van der Waals surface area (Å²) in [6.07, 6.45) is -8.54. The van der Waals surface area contributed by atoms with E-state index >= 15 is 0 Å². The van der Waals surface area contributed by atoms with E-state index in [1.807, 2.05) is 19.1 Å². The lowest BCUT2D eigenvalue weighted by Gasteiger charge is -2.19. The number of para-hydroxylation sites is 1. The topological polar surface area (TPSA) is 123 Å². The van der Waals surface area contributed by atoms with Crippen LogP contribution < -0.4 is 21.1 Å². The van der Waals surface area contributed by atoms with E-state index in [-0.39, 0.29) is 0 Å². The Morgan fingerprint density at radius 1 is 1.23 bits per heavy atom. The van der Waals surface area contributed by atoms with E-state index in [9.17, 15) is 27.6 Å². The second-order valence-electron chi connectivity index (χ2n) is 8.15. The Morgan fingerprint density at radius 2 is 1.94 bits per heavy atom. The molecule has 1 heterocycles. The highest BCUT2D eigenvalue weighted by atomic mass is 19.4. The van der Waals surface area contributed by atoms with Crippen molar-refractivity contribution < 1.29 is 32.3 Å². The number of halogens is 3. The number of rotatable bonds is 8. The molecule has 8 nitrogen and oxygen atoms in total. The molecule has 11 heteroatoms. The highest BCUT2D eigenvalue weighted by molar-refractivity contribution is 6.20. The van der Waals surface area contributed by atoms with Crippen molar-refractivity contribution in [3.63, 3.8) is 0 Å². The fraction of sp³-hybridized carbons (Fsp3) is 0.333. The zero-order valence-electron chi connectivity index (χ0n) is 19.1. The summed E-state index contributed by atoms with van der Waals surface area (Å²) in [7, 11) is 1.43. The Balaban J connectivity index is 2.00. The van der Waals surface area contributed by atoms with Gasteiger partial charge in [0, 0.05) is 29.9 Å². The fourth-order valence-electron chi connectivity index (χ4n) is 3.76. The van der Waals surface area contributed by atoms with E-state index in [1.165, 1.54) is 7.11 Å². The van der Waals surface area contributed by atoms with Crippen molar-refractivity contribution in [3.8, 4) is 5.75 Å². The van der Waals surface area contributed by atoms with E-state index in [0.29, 0.717) is 28.3 Å². The maximum Gasteiger partial charge on any atom is 0.389 e. The Kier molecular flexibility index (Phi) is 7.78. The van der Waals surface area contributed by atoms with Gasteiger partial charge < -0.3 is 21.1 Å². The number of nitrogens with zero attached hydrogens (tertiary/aromatic N) is 1. The number of aryl methyl sites for hydroxylation is 1. The predicted octanol–water partition coefficient (Wildman–Crippen LogP) is 3.07. The molecule has 0 bridgehead atoms. The van der Waals surface area contributed by atoms with E-state index in [4.69, 9.17) is 10.5 Å². The van der Waals surface area contributed by atoms with Gasteiger partial charge in [-0.15, -0.1) is 0 Å². The van der Waals surface area contributed by atoms with Gasteiger partial charge in [-0.3, -0.25) is 14.4 Å². The monoisotopic (exact) mass is 490 g/mol. The van der Waals surface area contributed by atoms with Gasteiger partial charge in [-0.05, 0) is 25.5 Å². The number of ether oxygens (including phenoxy) is 1. The summed E-state index contributed by atoms with van der Waals surface area (Å²) in [6, 6.07) is 12.4. The number of fused-ring (bicyclic) bond motifs is 1. The standard InChI is InChI=1S/C24H25F3N4O4/c1-13-5-3-6-14(11-13)19-16-7-4-8-17(35-2)20(16)30-23(34)21(29-19)31-22(33)15(12-18(28)32)9-10-24(25,26)27/h3-8,11,15,21H,9-10,12H2,1-2H3,(H2,28,32)(H,30,34)(H,31,33). The van der Waals surface area contributed by atoms with E-state index in [0.717, 1.165) is 5.56 Å². The van der Waals surface area contributed by atoms with Crippen LogP contribution in [0.5, 0.6) is 5.75 Å². The molecule has 2 unspecified atom stereocenters. The molecular weight excluding hydrogens is 465 g/mol. The minimum Gasteiger partial charge on any atom is -0.495 e. The first-order valence-electron chi connectivity index (χ1n) is 10.8. The normalized spacial score (nSPS) is 16.3. The molecule has 0 aliphatic carbocycles. The quantitative estimate of drug-likeness (QED) is 0.526. The second-order valence-corrected chi connectivity index (χ2v) is 8.15.